The molecule has 0 saturated carbocycles. The van der Waals surface area contributed by atoms with E-state index in [9.17, 15) is 9.59 Å². The highest BCUT2D eigenvalue weighted by Gasteiger charge is 2.23. The van der Waals surface area contributed by atoms with E-state index in [0.29, 0.717) is 19.5 Å². The molecular formula is C24H28Cl2N2O2S. The number of thiophene rings is 1. The molecule has 1 amide bonds. The Morgan fingerprint density at radius 2 is 1.61 bits per heavy atom. The molecule has 166 valence electrons. The molecule has 0 radical (unpaired) electrons. The molecule has 1 aliphatic heterocycles. The first kappa shape index (κ1) is 25.3. The van der Waals surface area contributed by atoms with Crippen LogP contribution < -0.4 is 0 Å². The number of carbonyl (C=O) groups excluding carboxylic acids is 2. The number of carbonyl (C=O) groups is 2. The Hall–Kier alpha value is -1.92. The number of Topliss-reactive ketones (excluding diaryl/α,β-unsaturated/α-hetero) is 1. The molecule has 7 heteroatoms. The van der Waals surface area contributed by atoms with Crippen molar-refractivity contribution in [2.24, 2.45) is 0 Å². The smallest absolute Gasteiger partial charge is 0.253 e. The van der Waals surface area contributed by atoms with Crippen LogP contribution in [-0.2, 0) is 0 Å². The van der Waals surface area contributed by atoms with Crippen LogP contribution in [0.1, 0.15) is 37.6 Å². The van der Waals surface area contributed by atoms with Crippen LogP contribution in [0.4, 0.5) is 0 Å². The SMILES string of the molecule is Cc1ccc2sc(C(=O)CCN3CCN(C(=O)c4ccccc4)CC3)c(C)c2c1.Cl.Cl. The van der Waals surface area contributed by atoms with Crippen molar-refractivity contribution in [3.8, 4) is 0 Å². The number of hydrogen-bond donors (Lipinski definition) is 0. The second-order valence-corrected chi connectivity index (χ2v) is 8.78. The second-order valence-electron chi connectivity index (χ2n) is 7.73. The fourth-order valence-corrected chi connectivity index (χ4v) is 5.07. The van der Waals surface area contributed by atoms with E-state index in [1.54, 1.807) is 11.3 Å². The molecule has 4 nitrogen and oxygen atoms in total. The second kappa shape index (κ2) is 11.1. The predicted octanol–water partition coefficient (Wildman–Crippen LogP) is 5.39. The molecule has 1 saturated heterocycles. The molecule has 4 rings (SSSR count). The summed E-state index contributed by atoms with van der Waals surface area (Å²) in [5, 5.41) is 1.20. The molecule has 2 aromatic carbocycles. The zero-order valence-corrected chi connectivity index (χ0v) is 20.2. The van der Waals surface area contributed by atoms with Crippen molar-refractivity contribution in [1.82, 2.24) is 9.80 Å². The summed E-state index contributed by atoms with van der Waals surface area (Å²) in [6.45, 7) is 7.94. The number of amides is 1. The first-order valence-electron chi connectivity index (χ1n) is 10.1. The van der Waals surface area contributed by atoms with Gasteiger partial charge in [0.2, 0.25) is 0 Å². The minimum Gasteiger partial charge on any atom is -0.336 e. The largest absolute Gasteiger partial charge is 0.336 e. The summed E-state index contributed by atoms with van der Waals surface area (Å²) in [4.78, 5) is 30.5. The number of fused-ring (bicyclic) bond motifs is 1. The van der Waals surface area contributed by atoms with Gasteiger partial charge in [0.25, 0.3) is 5.91 Å². The summed E-state index contributed by atoms with van der Waals surface area (Å²) in [5.74, 6) is 0.321. The number of ketones is 1. The highest BCUT2D eigenvalue weighted by molar-refractivity contribution is 7.21. The fourth-order valence-electron chi connectivity index (χ4n) is 3.91. The molecule has 0 N–H and O–H groups in total. The quantitative estimate of drug-likeness (QED) is 0.461. The molecule has 0 atom stereocenters. The van der Waals surface area contributed by atoms with Gasteiger partial charge in [-0.3, -0.25) is 14.5 Å². The third-order valence-corrected chi connectivity index (χ3v) is 6.99. The van der Waals surface area contributed by atoms with Crippen LogP contribution in [0.5, 0.6) is 0 Å². The van der Waals surface area contributed by atoms with E-state index in [0.717, 1.165) is 35.6 Å². The lowest BCUT2D eigenvalue weighted by atomic mass is 10.1. The van der Waals surface area contributed by atoms with Gasteiger partial charge in [0.05, 0.1) is 4.88 Å². The van der Waals surface area contributed by atoms with Crippen molar-refractivity contribution in [3.05, 3.63) is 70.1 Å². The van der Waals surface area contributed by atoms with E-state index < -0.39 is 0 Å². The van der Waals surface area contributed by atoms with Gasteiger partial charge < -0.3 is 4.90 Å². The van der Waals surface area contributed by atoms with Crippen molar-refractivity contribution >= 4 is 57.9 Å². The Morgan fingerprint density at radius 3 is 2.29 bits per heavy atom. The molecule has 31 heavy (non-hydrogen) atoms. The van der Waals surface area contributed by atoms with Crippen molar-refractivity contribution in [2.75, 3.05) is 32.7 Å². The summed E-state index contributed by atoms with van der Waals surface area (Å²) in [7, 11) is 0. The average Bonchev–Trinajstić information content (AvgIpc) is 3.08. The molecule has 1 aromatic heterocycles. The first-order valence-corrected chi connectivity index (χ1v) is 10.9. The van der Waals surface area contributed by atoms with Crippen LogP contribution in [0.2, 0.25) is 0 Å². The molecule has 2 heterocycles. The van der Waals surface area contributed by atoms with Crippen LogP contribution in [0.15, 0.2) is 48.5 Å². The van der Waals surface area contributed by atoms with Gasteiger partial charge in [-0.15, -0.1) is 36.2 Å². The predicted molar refractivity (Wildman–Crippen MR) is 134 cm³/mol. The van der Waals surface area contributed by atoms with Crippen LogP contribution >= 0.6 is 36.2 Å². The van der Waals surface area contributed by atoms with Crippen LogP contribution in [0, 0.1) is 13.8 Å². The molecule has 0 unspecified atom stereocenters. The van der Waals surface area contributed by atoms with E-state index in [2.05, 4.69) is 36.9 Å². The van der Waals surface area contributed by atoms with Crippen LogP contribution in [0.3, 0.4) is 0 Å². The molecule has 1 fully saturated rings. The summed E-state index contributed by atoms with van der Waals surface area (Å²) >= 11 is 1.61. The third kappa shape index (κ3) is 5.66. The van der Waals surface area contributed by atoms with Crippen molar-refractivity contribution in [2.45, 2.75) is 20.3 Å². The van der Waals surface area contributed by atoms with E-state index in [4.69, 9.17) is 0 Å². The molecular weight excluding hydrogens is 451 g/mol. The van der Waals surface area contributed by atoms with Crippen LogP contribution in [0.25, 0.3) is 10.1 Å². The van der Waals surface area contributed by atoms with Gasteiger partial charge in [-0.05, 0) is 43.0 Å². The summed E-state index contributed by atoms with van der Waals surface area (Å²) in [6.07, 6.45) is 0.527. The number of piperazine rings is 1. The summed E-state index contributed by atoms with van der Waals surface area (Å²) in [5.41, 5.74) is 3.07. The molecule has 0 bridgehead atoms. The van der Waals surface area contributed by atoms with Crippen LogP contribution in [-0.4, -0.2) is 54.2 Å². The van der Waals surface area contributed by atoms with Crippen molar-refractivity contribution in [1.29, 1.82) is 0 Å². The molecule has 3 aromatic rings. The fraction of sp³-hybridized carbons (Fsp3) is 0.333. The Bertz CT molecular complexity index is 1040. The average molecular weight is 479 g/mol. The molecule has 0 aliphatic carbocycles. The first-order chi connectivity index (χ1) is 14.0. The lowest BCUT2D eigenvalue weighted by molar-refractivity contribution is 0.0628. The maximum absolute atomic E-state index is 12.8. The number of hydrogen-bond acceptors (Lipinski definition) is 4. The van der Waals surface area contributed by atoms with Crippen molar-refractivity contribution in [3.63, 3.8) is 0 Å². The lowest BCUT2D eigenvalue weighted by Crippen LogP contribution is -2.49. The minimum atomic E-state index is 0. The summed E-state index contributed by atoms with van der Waals surface area (Å²) in [6, 6.07) is 15.8. The van der Waals surface area contributed by atoms with Gasteiger partial charge >= 0.3 is 0 Å². The number of aryl methyl sites for hydroxylation is 2. The van der Waals surface area contributed by atoms with Crippen molar-refractivity contribution < 1.29 is 9.59 Å². The third-order valence-electron chi connectivity index (χ3n) is 5.68. The lowest BCUT2D eigenvalue weighted by Gasteiger charge is -2.34. The number of halogens is 2. The maximum Gasteiger partial charge on any atom is 0.253 e. The van der Waals surface area contributed by atoms with Gasteiger partial charge in [-0.25, -0.2) is 0 Å². The standard InChI is InChI=1S/C24H26N2O2S.2ClH/c1-17-8-9-22-20(16-17)18(2)23(29-22)21(27)10-11-25-12-14-26(15-13-25)24(28)19-6-4-3-5-7-19;;/h3-9,16H,10-15H2,1-2H3;2*1H. The minimum absolute atomic E-state index is 0. The van der Waals surface area contributed by atoms with E-state index >= 15 is 0 Å². The number of benzene rings is 2. The Labute approximate surface area is 200 Å². The van der Waals surface area contributed by atoms with Gasteiger partial charge in [-0.1, -0.05) is 35.9 Å². The Morgan fingerprint density at radius 1 is 0.935 bits per heavy atom. The van der Waals surface area contributed by atoms with Gasteiger partial charge in [-0.2, -0.15) is 0 Å². The normalized spacial score (nSPS) is 14.1. The van der Waals surface area contributed by atoms with E-state index in [1.807, 2.05) is 35.2 Å². The zero-order chi connectivity index (χ0) is 20.4. The highest BCUT2D eigenvalue weighted by atomic mass is 35.5. The highest BCUT2D eigenvalue weighted by Crippen LogP contribution is 2.32. The Kier molecular flexibility index (Phi) is 9.07. The molecule has 1 aliphatic rings. The maximum atomic E-state index is 12.8. The Balaban J connectivity index is 0.00000171. The van der Waals surface area contributed by atoms with E-state index in [-0.39, 0.29) is 36.5 Å². The van der Waals surface area contributed by atoms with Gasteiger partial charge in [0.1, 0.15) is 0 Å². The molecule has 0 spiro atoms. The number of rotatable bonds is 5. The van der Waals surface area contributed by atoms with E-state index in [1.165, 1.54) is 15.6 Å². The van der Waals surface area contributed by atoms with Gasteiger partial charge in [0, 0.05) is 49.4 Å². The zero-order valence-electron chi connectivity index (χ0n) is 17.8. The summed E-state index contributed by atoms with van der Waals surface area (Å²) < 4.78 is 1.18. The topological polar surface area (TPSA) is 40.6 Å². The van der Waals surface area contributed by atoms with Gasteiger partial charge in [0.15, 0.2) is 5.78 Å². The monoisotopic (exact) mass is 478 g/mol. The number of nitrogens with zero attached hydrogens (tertiary/aromatic N) is 2.